The lowest BCUT2D eigenvalue weighted by molar-refractivity contribution is 0.472. The van der Waals surface area contributed by atoms with Crippen LogP contribution in [0, 0.1) is 5.41 Å². The molecule has 2 nitrogen and oxygen atoms in total. The summed E-state index contributed by atoms with van der Waals surface area (Å²) in [5.41, 5.74) is 10.5. The van der Waals surface area contributed by atoms with Crippen molar-refractivity contribution in [3.63, 3.8) is 0 Å². The van der Waals surface area contributed by atoms with Crippen molar-refractivity contribution in [2.45, 2.75) is 45.6 Å². The van der Waals surface area contributed by atoms with E-state index in [2.05, 4.69) is 56.9 Å². The molecule has 0 bridgehead atoms. The van der Waals surface area contributed by atoms with E-state index in [4.69, 9.17) is 5.73 Å². The molecule has 0 aliphatic carbocycles. The summed E-state index contributed by atoms with van der Waals surface area (Å²) in [6, 6.07) is 6.58. The number of benzene rings is 1. The van der Waals surface area contributed by atoms with Crippen LogP contribution in [0.3, 0.4) is 0 Å². The Morgan fingerprint density at radius 2 is 2.05 bits per heavy atom. The Labute approximate surface area is 133 Å². The van der Waals surface area contributed by atoms with Crippen LogP contribution in [0.4, 0.5) is 5.69 Å². The third-order valence-corrected chi connectivity index (χ3v) is 5.11. The Morgan fingerprint density at radius 1 is 1.29 bits per heavy atom. The predicted molar refractivity (Wildman–Crippen MR) is 95.1 cm³/mol. The third-order valence-electron chi connectivity index (χ3n) is 4.13. The zero-order chi connectivity index (χ0) is 15.5. The molecule has 0 spiro atoms. The monoisotopic (exact) mass is 304 g/mol. The van der Waals surface area contributed by atoms with Gasteiger partial charge in [-0.25, -0.2) is 0 Å². The Morgan fingerprint density at radius 3 is 2.57 bits per heavy atom. The van der Waals surface area contributed by atoms with E-state index in [0.29, 0.717) is 12.0 Å². The van der Waals surface area contributed by atoms with Gasteiger partial charge in [0.05, 0.1) is 0 Å². The zero-order valence-corrected chi connectivity index (χ0v) is 14.6. The van der Waals surface area contributed by atoms with Crippen LogP contribution in [-0.4, -0.2) is 18.8 Å². The molecule has 1 heterocycles. The number of thioether (sulfide) groups is 1. The van der Waals surface area contributed by atoms with E-state index in [1.807, 2.05) is 11.8 Å². The van der Waals surface area contributed by atoms with Crippen molar-refractivity contribution >= 4 is 17.4 Å². The van der Waals surface area contributed by atoms with E-state index in [9.17, 15) is 0 Å². The second-order valence-electron chi connectivity index (χ2n) is 6.57. The minimum absolute atomic E-state index is 0.294. The molecule has 1 aliphatic rings. The molecule has 0 atom stereocenters. The minimum atomic E-state index is 0.294. The van der Waals surface area contributed by atoms with E-state index >= 15 is 0 Å². The number of hydrogen-bond donors (Lipinski definition) is 1. The SMILES string of the molecule is CCSc1cccc(N2CC=C(C(C)(C)C)CC2)c1CN. The highest BCUT2D eigenvalue weighted by Gasteiger charge is 2.22. The van der Waals surface area contributed by atoms with Crippen LogP contribution < -0.4 is 10.6 Å². The molecule has 0 saturated carbocycles. The number of rotatable bonds is 4. The number of anilines is 1. The lowest BCUT2D eigenvalue weighted by Crippen LogP contribution is -2.32. The Hall–Kier alpha value is -0.930. The maximum absolute atomic E-state index is 6.03. The largest absolute Gasteiger partial charge is 0.367 e. The van der Waals surface area contributed by atoms with Crippen LogP contribution in [0.5, 0.6) is 0 Å². The van der Waals surface area contributed by atoms with E-state index in [0.717, 1.165) is 25.3 Å². The molecule has 0 unspecified atom stereocenters. The molecular weight excluding hydrogens is 276 g/mol. The molecule has 0 amide bonds. The van der Waals surface area contributed by atoms with Crippen molar-refractivity contribution in [3.05, 3.63) is 35.4 Å². The van der Waals surface area contributed by atoms with Gasteiger partial charge in [-0.1, -0.05) is 45.4 Å². The van der Waals surface area contributed by atoms with Crippen molar-refractivity contribution in [1.82, 2.24) is 0 Å². The fraction of sp³-hybridized carbons (Fsp3) is 0.556. The van der Waals surface area contributed by atoms with Gasteiger partial charge in [-0.05, 0) is 29.7 Å². The van der Waals surface area contributed by atoms with Gasteiger partial charge in [-0.2, -0.15) is 0 Å². The fourth-order valence-corrected chi connectivity index (χ4v) is 3.76. The van der Waals surface area contributed by atoms with Gasteiger partial charge in [0.1, 0.15) is 0 Å². The Kier molecular flexibility index (Phi) is 5.39. The van der Waals surface area contributed by atoms with E-state index in [-0.39, 0.29) is 0 Å². The Bertz CT molecular complexity index is 514. The molecule has 21 heavy (non-hydrogen) atoms. The first-order valence-electron chi connectivity index (χ1n) is 7.86. The third kappa shape index (κ3) is 3.83. The molecule has 0 saturated heterocycles. The molecular formula is C18H28N2S. The first kappa shape index (κ1) is 16.4. The Balaban J connectivity index is 2.24. The lowest BCUT2D eigenvalue weighted by atomic mass is 9.83. The summed E-state index contributed by atoms with van der Waals surface area (Å²) in [6.45, 7) is 11.8. The van der Waals surface area contributed by atoms with Gasteiger partial charge >= 0.3 is 0 Å². The second-order valence-corrected chi connectivity index (χ2v) is 7.87. The molecule has 0 aromatic heterocycles. The molecule has 116 valence electrons. The number of hydrogen-bond acceptors (Lipinski definition) is 3. The molecule has 2 N–H and O–H groups in total. The number of nitrogens with two attached hydrogens (primary N) is 1. The van der Waals surface area contributed by atoms with Crippen molar-refractivity contribution in [3.8, 4) is 0 Å². The molecule has 0 fully saturated rings. The smallest absolute Gasteiger partial charge is 0.0426 e. The topological polar surface area (TPSA) is 29.3 Å². The molecule has 3 heteroatoms. The second kappa shape index (κ2) is 6.89. The highest BCUT2D eigenvalue weighted by Crippen LogP contribution is 2.35. The lowest BCUT2D eigenvalue weighted by Gasteiger charge is -2.34. The van der Waals surface area contributed by atoms with Crippen molar-refractivity contribution in [2.75, 3.05) is 23.7 Å². The van der Waals surface area contributed by atoms with Crippen LogP contribution in [0.25, 0.3) is 0 Å². The summed E-state index contributed by atoms with van der Waals surface area (Å²) in [5, 5.41) is 0. The van der Waals surface area contributed by atoms with E-state index in [1.54, 1.807) is 5.57 Å². The van der Waals surface area contributed by atoms with Gasteiger partial charge in [0.15, 0.2) is 0 Å². The molecule has 2 rings (SSSR count). The van der Waals surface area contributed by atoms with Crippen LogP contribution >= 0.6 is 11.8 Å². The van der Waals surface area contributed by atoms with Crippen LogP contribution in [0.15, 0.2) is 34.7 Å². The normalized spacial score (nSPS) is 16.0. The maximum atomic E-state index is 6.03. The standard InChI is InChI=1S/C18H28N2S/c1-5-21-17-8-6-7-16(15(17)13-19)20-11-9-14(10-12-20)18(2,3)4/h6-9H,5,10-13,19H2,1-4H3. The quantitative estimate of drug-likeness (QED) is 0.658. The highest BCUT2D eigenvalue weighted by molar-refractivity contribution is 7.99. The maximum Gasteiger partial charge on any atom is 0.0426 e. The summed E-state index contributed by atoms with van der Waals surface area (Å²) in [7, 11) is 0. The van der Waals surface area contributed by atoms with Gasteiger partial charge in [-0.15, -0.1) is 11.8 Å². The van der Waals surface area contributed by atoms with Crippen LogP contribution in [0.2, 0.25) is 0 Å². The van der Waals surface area contributed by atoms with Gasteiger partial charge < -0.3 is 10.6 Å². The molecule has 1 aromatic carbocycles. The highest BCUT2D eigenvalue weighted by atomic mass is 32.2. The van der Waals surface area contributed by atoms with Crippen molar-refractivity contribution < 1.29 is 0 Å². The first-order valence-corrected chi connectivity index (χ1v) is 8.85. The van der Waals surface area contributed by atoms with Crippen molar-refractivity contribution in [2.24, 2.45) is 11.1 Å². The molecule has 1 aliphatic heterocycles. The summed E-state index contributed by atoms with van der Waals surface area (Å²) >= 11 is 1.89. The average Bonchev–Trinajstić information content (AvgIpc) is 2.46. The van der Waals surface area contributed by atoms with Crippen LogP contribution in [-0.2, 0) is 6.54 Å². The van der Waals surface area contributed by atoms with Crippen LogP contribution in [0.1, 0.15) is 39.7 Å². The summed E-state index contributed by atoms with van der Waals surface area (Å²) in [5.74, 6) is 1.09. The summed E-state index contributed by atoms with van der Waals surface area (Å²) in [6.07, 6.45) is 3.56. The summed E-state index contributed by atoms with van der Waals surface area (Å²) in [4.78, 5) is 3.81. The van der Waals surface area contributed by atoms with Gasteiger partial charge in [0, 0.05) is 35.8 Å². The first-order chi connectivity index (χ1) is 9.97. The summed E-state index contributed by atoms with van der Waals surface area (Å²) < 4.78 is 0. The number of nitrogens with zero attached hydrogens (tertiary/aromatic N) is 1. The van der Waals surface area contributed by atoms with Gasteiger partial charge in [0.2, 0.25) is 0 Å². The van der Waals surface area contributed by atoms with E-state index in [1.165, 1.54) is 16.1 Å². The average molecular weight is 305 g/mol. The predicted octanol–water partition coefficient (Wildman–Crippen LogP) is 4.44. The van der Waals surface area contributed by atoms with Gasteiger partial charge in [-0.3, -0.25) is 0 Å². The molecule has 0 radical (unpaired) electrons. The van der Waals surface area contributed by atoms with Crippen molar-refractivity contribution in [1.29, 1.82) is 0 Å². The van der Waals surface area contributed by atoms with E-state index < -0.39 is 0 Å². The van der Waals surface area contributed by atoms with Gasteiger partial charge in [0.25, 0.3) is 0 Å². The molecule has 1 aromatic rings. The fourth-order valence-electron chi connectivity index (χ4n) is 2.92. The zero-order valence-electron chi connectivity index (χ0n) is 13.8. The minimum Gasteiger partial charge on any atom is -0.367 e.